The largest absolute Gasteiger partial charge is 0.452 e. The van der Waals surface area contributed by atoms with Crippen LogP contribution < -0.4 is 15.9 Å². The van der Waals surface area contributed by atoms with Gasteiger partial charge >= 0.3 is 11.7 Å². The number of alkyl halides is 1. The van der Waals surface area contributed by atoms with Gasteiger partial charge in [0.1, 0.15) is 0 Å². The van der Waals surface area contributed by atoms with E-state index in [4.69, 9.17) is 21.6 Å². The number of amides is 2. The summed E-state index contributed by atoms with van der Waals surface area (Å²) in [5.41, 5.74) is 1.90. The first-order valence-corrected chi connectivity index (χ1v) is 10.4. The molecule has 0 aliphatic rings. The zero-order valence-corrected chi connectivity index (χ0v) is 18.3. The number of benzene rings is 2. The predicted octanol–water partition coefficient (Wildman–Crippen LogP) is 2.26. The SMILES string of the molecule is CC(=O)O[C@H](CC(=O)Nc1ccc(C#N)cc1)C(=O)N(CCCl)c1ccc2[nH]c(=O)[nH]c2c1. The number of hydrogen-bond donors (Lipinski definition) is 3. The summed E-state index contributed by atoms with van der Waals surface area (Å²) in [7, 11) is 0. The molecule has 170 valence electrons. The average molecular weight is 470 g/mol. The summed E-state index contributed by atoms with van der Waals surface area (Å²) in [4.78, 5) is 55.5. The van der Waals surface area contributed by atoms with Crippen molar-refractivity contribution < 1.29 is 19.1 Å². The topological polar surface area (TPSA) is 148 Å². The highest BCUT2D eigenvalue weighted by Crippen LogP contribution is 2.22. The van der Waals surface area contributed by atoms with Crippen molar-refractivity contribution in [1.82, 2.24) is 9.97 Å². The van der Waals surface area contributed by atoms with Crippen molar-refractivity contribution in [1.29, 1.82) is 5.26 Å². The second-order valence-corrected chi connectivity index (χ2v) is 7.41. The number of imidazole rings is 1. The maximum Gasteiger partial charge on any atom is 0.323 e. The lowest BCUT2D eigenvalue weighted by molar-refractivity contribution is -0.154. The maximum absolute atomic E-state index is 13.3. The highest BCUT2D eigenvalue weighted by atomic mass is 35.5. The van der Waals surface area contributed by atoms with Crippen molar-refractivity contribution in [2.24, 2.45) is 0 Å². The molecule has 3 rings (SSSR count). The molecule has 0 spiro atoms. The first-order valence-electron chi connectivity index (χ1n) is 9.87. The van der Waals surface area contributed by atoms with Gasteiger partial charge in [-0.05, 0) is 42.5 Å². The second-order valence-electron chi connectivity index (χ2n) is 7.03. The molecule has 0 fully saturated rings. The van der Waals surface area contributed by atoms with E-state index in [2.05, 4.69) is 15.3 Å². The Labute approximate surface area is 193 Å². The normalized spacial score (nSPS) is 11.4. The van der Waals surface area contributed by atoms with Crippen LogP contribution in [0.1, 0.15) is 18.9 Å². The Balaban J connectivity index is 1.82. The molecule has 0 saturated carbocycles. The number of anilines is 2. The van der Waals surface area contributed by atoms with Crippen molar-refractivity contribution >= 4 is 51.8 Å². The Bertz CT molecular complexity index is 1270. The number of fused-ring (bicyclic) bond motifs is 1. The van der Waals surface area contributed by atoms with Crippen LogP contribution in [0.25, 0.3) is 11.0 Å². The lowest BCUT2D eigenvalue weighted by Gasteiger charge is -2.26. The Morgan fingerprint density at radius 1 is 1.15 bits per heavy atom. The van der Waals surface area contributed by atoms with Crippen LogP contribution in [0.4, 0.5) is 11.4 Å². The van der Waals surface area contributed by atoms with E-state index in [1.165, 1.54) is 17.0 Å². The molecule has 3 aromatic rings. The van der Waals surface area contributed by atoms with Crippen LogP contribution in [0.15, 0.2) is 47.3 Å². The minimum Gasteiger partial charge on any atom is -0.452 e. The number of hydrogen-bond acceptors (Lipinski definition) is 6. The molecule has 0 radical (unpaired) electrons. The standard InChI is InChI=1S/C22H20ClN5O5/c1-13(29)33-19(11-20(30)25-15-4-2-14(12-24)3-5-15)21(31)28(9-8-23)16-6-7-17-18(10-16)27-22(32)26-17/h2-7,10,19H,8-9,11H2,1H3,(H,25,30)(H2,26,27,32)/t19-/m1/s1. The molecule has 0 aliphatic heterocycles. The molecule has 1 atom stereocenters. The van der Waals surface area contributed by atoms with E-state index in [0.717, 1.165) is 6.92 Å². The average Bonchev–Trinajstić information content (AvgIpc) is 3.16. The number of ether oxygens (including phenoxy) is 1. The minimum absolute atomic E-state index is 0.0789. The highest BCUT2D eigenvalue weighted by molar-refractivity contribution is 6.18. The van der Waals surface area contributed by atoms with Gasteiger partial charge in [-0.15, -0.1) is 11.6 Å². The molecule has 0 unspecified atom stereocenters. The van der Waals surface area contributed by atoms with Crippen LogP contribution in [-0.4, -0.2) is 46.3 Å². The minimum atomic E-state index is -1.40. The second kappa shape index (κ2) is 10.5. The molecule has 1 aromatic heterocycles. The number of carbonyl (C=O) groups excluding carboxylic acids is 3. The van der Waals surface area contributed by atoms with Crippen molar-refractivity contribution in [3.63, 3.8) is 0 Å². The Morgan fingerprint density at radius 2 is 1.85 bits per heavy atom. The zero-order valence-electron chi connectivity index (χ0n) is 17.6. The van der Waals surface area contributed by atoms with E-state index in [1.807, 2.05) is 6.07 Å². The van der Waals surface area contributed by atoms with Gasteiger partial charge in [-0.3, -0.25) is 14.4 Å². The first kappa shape index (κ1) is 23.6. The van der Waals surface area contributed by atoms with Gasteiger partial charge in [0.15, 0.2) is 6.10 Å². The molecule has 1 heterocycles. The molecule has 2 aromatic carbocycles. The van der Waals surface area contributed by atoms with Crippen LogP contribution in [-0.2, 0) is 19.1 Å². The molecule has 0 bridgehead atoms. The van der Waals surface area contributed by atoms with E-state index in [1.54, 1.807) is 30.3 Å². The summed E-state index contributed by atoms with van der Waals surface area (Å²) in [6.45, 7) is 1.22. The van der Waals surface area contributed by atoms with Gasteiger partial charge in [-0.25, -0.2) is 4.79 Å². The fourth-order valence-electron chi connectivity index (χ4n) is 3.20. The van der Waals surface area contributed by atoms with Crippen molar-refractivity contribution in [2.75, 3.05) is 22.6 Å². The lowest BCUT2D eigenvalue weighted by atomic mass is 10.1. The van der Waals surface area contributed by atoms with Crippen molar-refractivity contribution in [3.8, 4) is 6.07 Å². The number of nitrogens with one attached hydrogen (secondary N) is 3. The number of nitriles is 1. The van der Waals surface area contributed by atoms with E-state index < -0.39 is 36.0 Å². The third kappa shape index (κ3) is 5.99. The summed E-state index contributed by atoms with van der Waals surface area (Å²) < 4.78 is 5.16. The monoisotopic (exact) mass is 469 g/mol. The Kier molecular flexibility index (Phi) is 7.48. The summed E-state index contributed by atoms with van der Waals surface area (Å²) in [6.07, 6.45) is -1.83. The number of aromatic amines is 2. The van der Waals surface area contributed by atoms with Gasteiger partial charge in [-0.2, -0.15) is 5.26 Å². The molecule has 0 saturated heterocycles. The van der Waals surface area contributed by atoms with Crippen LogP contribution in [0.2, 0.25) is 0 Å². The molecule has 2 amide bonds. The molecule has 33 heavy (non-hydrogen) atoms. The quantitative estimate of drug-likeness (QED) is 0.340. The molecular formula is C22H20ClN5O5. The van der Waals surface area contributed by atoms with E-state index in [-0.39, 0.29) is 12.4 Å². The molecule has 3 N–H and O–H groups in total. The number of halogens is 1. The Morgan fingerprint density at radius 3 is 2.48 bits per heavy atom. The molecule has 10 nitrogen and oxygen atoms in total. The maximum atomic E-state index is 13.3. The fourth-order valence-corrected chi connectivity index (χ4v) is 3.37. The van der Waals surface area contributed by atoms with Gasteiger partial charge in [0.05, 0.1) is 29.1 Å². The summed E-state index contributed by atoms with van der Waals surface area (Å²) in [5.74, 6) is -1.85. The first-order chi connectivity index (χ1) is 15.8. The number of aromatic nitrogens is 2. The van der Waals surface area contributed by atoms with Crippen molar-refractivity contribution in [2.45, 2.75) is 19.4 Å². The van der Waals surface area contributed by atoms with E-state index in [9.17, 15) is 19.2 Å². The third-order valence-electron chi connectivity index (χ3n) is 4.64. The third-order valence-corrected chi connectivity index (χ3v) is 4.81. The van der Waals surface area contributed by atoms with Crippen LogP contribution >= 0.6 is 11.6 Å². The van der Waals surface area contributed by atoms with Crippen LogP contribution in [0.5, 0.6) is 0 Å². The smallest absolute Gasteiger partial charge is 0.323 e. The fraction of sp³-hybridized carbons (Fsp3) is 0.227. The van der Waals surface area contributed by atoms with Crippen LogP contribution in [0.3, 0.4) is 0 Å². The Hall–Kier alpha value is -4.10. The number of H-pyrrole nitrogens is 2. The van der Waals surface area contributed by atoms with Gasteiger partial charge in [0.2, 0.25) is 5.91 Å². The number of rotatable bonds is 8. The van der Waals surface area contributed by atoms with Crippen molar-refractivity contribution in [3.05, 3.63) is 58.5 Å². The summed E-state index contributed by atoms with van der Waals surface area (Å²) in [6, 6.07) is 13.0. The van der Waals surface area contributed by atoms with Gasteiger partial charge in [0.25, 0.3) is 5.91 Å². The number of nitrogens with zero attached hydrogens (tertiary/aromatic N) is 2. The number of esters is 1. The van der Waals surface area contributed by atoms with Crippen LogP contribution in [0, 0.1) is 11.3 Å². The molecule has 11 heteroatoms. The van der Waals surface area contributed by atoms with Gasteiger partial charge in [-0.1, -0.05) is 0 Å². The summed E-state index contributed by atoms with van der Waals surface area (Å²) in [5, 5.41) is 11.5. The number of carbonyl (C=O) groups is 3. The van der Waals surface area contributed by atoms with Gasteiger partial charge < -0.3 is 24.9 Å². The summed E-state index contributed by atoms with van der Waals surface area (Å²) >= 11 is 5.89. The zero-order chi connectivity index (χ0) is 24.0. The predicted molar refractivity (Wildman–Crippen MR) is 122 cm³/mol. The van der Waals surface area contributed by atoms with Gasteiger partial charge in [0, 0.05) is 30.7 Å². The highest BCUT2D eigenvalue weighted by Gasteiger charge is 2.30. The molecule has 0 aliphatic carbocycles. The lowest BCUT2D eigenvalue weighted by Crippen LogP contribution is -2.44. The molecular weight excluding hydrogens is 450 g/mol. The van der Waals surface area contributed by atoms with E-state index >= 15 is 0 Å². The van der Waals surface area contributed by atoms with E-state index in [0.29, 0.717) is 28.0 Å².